The van der Waals surface area contributed by atoms with Crippen LogP contribution in [0, 0.1) is 5.41 Å². The van der Waals surface area contributed by atoms with Crippen LogP contribution >= 0.6 is 31.1 Å². The molecule has 0 spiro atoms. The van der Waals surface area contributed by atoms with Crippen LogP contribution in [0.5, 0.6) is 0 Å². The summed E-state index contributed by atoms with van der Waals surface area (Å²) >= 11 is 7.68. The zero-order valence-corrected chi connectivity index (χ0v) is 25.2. The molecular formula is C23H35ClN3O10PS. The number of hydrogen-bond acceptors (Lipinski definition) is 11. The summed E-state index contributed by atoms with van der Waals surface area (Å²) < 4.78 is 37.0. The van der Waals surface area contributed by atoms with Crippen LogP contribution in [0.15, 0.2) is 21.9 Å². The van der Waals surface area contributed by atoms with E-state index in [-0.39, 0.29) is 17.5 Å². The molecule has 0 bridgehead atoms. The van der Waals surface area contributed by atoms with E-state index in [9.17, 15) is 28.8 Å². The Morgan fingerprint density at radius 2 is 1.97 bits per heavy atom. The molecule has 1 saturated heterocycles. The fourth-order valence-corrected chi connectivity index (χ4v) is 6.92. The summed E-state index contributed by atoms with van der Waals surface area (Å²) in [4.78, 5) is 48.7. The van der Waals surface area contributed by atoms with E-state index in [0.29, 0.717) is 0 Å². The lowest BCUT2D eigenvalue weighted by atomic mass is 10.00. The summed E-state index contributed by atoms with van der Waals surface area (Å²) in [6.07, 6.45) is -2.80. The first-order chi connectivity index (χ1) is 17.8. The van der Waals surface area contributed by atoms with Crippen molar-refractivity contribution in [1.82, 2.24) is 14.6 Å². The van der Waals surface area contributed by atoms with Gasteiger partial charge in [0.25, 0.3) is 5.56 Å². The first kappa shape index (κ1) is 32.0. The number of aromatic nitrogens is 2. The molecule has 1 aromatic heterocycles. The molecule has 2 fully saturated rings. The van der Waals surface area contributed by atoms with Crippen LogP contribution in [0.2, 0.25) is 0 Å². The van der Waals surface area contributed by atoms with Gasteiger partial charge in [0.05, 0.1) is 12.7 Å². The SMILES string of the molecule is CC(C)OC(=O)[C@@H](C)N[P@](=O)(OCCSC(=O)C(C)(C)C)OC1[C@H]2O[C@@H](n3ccc(=O)[nH]c3=O)[C@](C)(Cl)[C@@]12O. The van der Waals surface area contributed by atoms with Gasteiger partial charge in [-0.05, 0) is 27.7 Å². The number of fused-ring (bicyclic) bond motifs is 1. The Morgan fingerprint density at radius 3 is 2.49 bits per heavy atom. The van der Waals surface area contributed by atoms with E-state index in [4.69, 9.17) is 30.1 Å². The molecule has 0 radical (unpaired) electrons. The predicted octanol–water partition coefficient (Wildman–Crippen LogP) is 1.92. The number of esters is 1. The normalized spacial score (nSPS) is 30.5. The Labute approximate surface area is 234 Å². The standard InChI is InChI=1S/C23H35ClN3O10PS/c1-12(2)35-17(29)13(3)26-38(33,34-10-11-39-19(30)21(4,5)6)37-16-15-23(16,32)22(7,24)18(36-15)27-9-8-14(28)25-20(27)31/h8-9,12-13,15-16,18,32H,10-11H2,1-7H3,(H,26,33)(H,25,28,31)/t13-,15-,16?,18-,22+,23+,38+/m1/s1. The Kier molecular flexibility index (Phi) is 9.36. The van der Waals surface area contributed by atoms with E-state index in [0.717, 1.165) is 22.4 Å². The number of H-pyrrole nitrogens is 1. The number of nitrogens with zero attached hydrogens (tertiary/aromatic N) is 1. The van der Waals surface area contributed by atoms with Gasteiger partial charge in [-0.15, -0.1) is 11.6 Å². The minimum absolute atomic E-state index is 0.0930. The number of carbonyl (C=O) groups excluding carboxylic acids is 2. The number of alkyl halides is 1. The molecule has 39 heavy (non-hydrogen) atoms. The average molecular weight is 612 g/mol. The van der Waals surface area contributed by atoms with Gasteiger partial charge in [0, 0.05) is 23.4 Å². The van der Waals surface area contributed by atoms with E-state index in [1.165, 1.54) is 20.0 Å². The van der Waals surface area contributed by atoms with E-state index in [1.54, 1.807) is 34.6 Å². The van der Waals surface area contributed by atoms with Crippen molar-refractivity contribution in [2.24, 2.45) is 5.41 Å². The molecule has 1 saturated carbocycles. The highest BCUT2D eigenvalue weighted by Crippen LogP contribution is 2.66. The Balaban J connectivity index is 1.76. The average Bonchev–Trinajstić information content (AvgIpc) is 3.28. The van der Waals surface area contributed by atoms with Crippen molar-refractivity contribution in [3.05, 3.63) is 33.1 Å². The van der Waals surface area contributed by atoms with Gasteiger partial charge < -0.3 is 14.6 Å². The van der Waals surface area contributed by atoms with Crippen molar-refractivity contribution in [2.45, 2.75) is 89.5 Å². The van der Waals surface area contributed by atoms with Gasteiger partial charge in [0.2, 0.25) is 0 Å². The zero-order valence-electron chi connectivity index (χ0n) is 22.8. The molecule has 2 aliphatic rings. The van der Waals surface area contributed by atoms with Crippen LogP contribution in [0.25, 0.3) is 0 Å². The van der Waals surface area contributed by atoms with Crippen molar-refractivity contribution in [3.63, 3.8) is 0 Å². The lowest BCUT2D eigenvalue weighted by molar-refractivity contribution is -0.149. The van der Waals surface area contributed by atoms with Gasteiger partial charge in [0.15, 0.2) is 11.3 Å². The minimum Gasteiger partial charge on any atom is -0.462 e. The van der Waals surface area contributed by atoms with Crippen LogP contribution in [-0.4, -0.2) is 72.9 Å². The largest absolute Gasteiger partial charge is 0.462 e. The molecule has 2 heterocycles. The highest BCUT2D eigenvalue weighted by atomic mass is 35.5. The molecule has 0 aromatic carbocycles. The molecule has 1 aliphatic heterocycles. The molecule has 13 nitrogen and oxygen atoms in total. The molecule has 16 heteroatoms. The first-order valence-electron chi connectivity index (χ1n) is 12.3. The van der Waals surface area contributed by atoms with Gasteiger partial charge in [0.1, 0.15) is 28.7 Å². The second kappa shape index (κ2) is 11.4. The lowest BCUT2D eigenvalue weighted by Crippen LogP contribution is -2.47. The number of nitrogens with one attached hydrogen (secondary N) is 2. The molecule has 1 aliphatic carbocycles. The van der Waals surface area contributed by atoms with Crippen LogP contribution < -0.4 is 16.3 Å². The van der Waals surface area contributed by atoms with E-state index in [2.05, 4.69) is 10.1 Å². The topological polar surface area (TPSA) is 175 Å². The summed E-state index contributed by atoms with van der Waals surface area (Å²) in [7, 11) is -4.32. The van der Waals surface area contributed by atoms with Crippen molar-refractivity contribution in [2.75, 3.05) is 12.4 Å². The third kappa shape index (κ3) is 6.70. The third-order valence-corrected chi connectivity index (χ3v) is 9.62. The zero-order chi connectivity index (χ0) is 29.6. The Bertz CT molecular complexity index is 1260. The number of aliphatic hydroxyl groups is 1. The molecule has 3 rings (SSSR count). The van der Waals surface area contributed by atoms with E-state index >= 15 is 0 Å². The summed E-state index contributed by atoms with van der Waals surface area (Å²) in [5, 5.41) is 13.8. The molecular weight excluding hydrogens is 577 g/mol. The third-order valence-electron chi connectivity index (χ3n) is 6.16. The number of thioether (sulfide) groups is 1. The van der Waals surface area contributed by atoms with Crippen molar-refractivity contribution >= 4 is 42.2 Å². The first-order valence-corrected chi connectivity index (χ1v) is 15.2. The smallest absolute Gasteiger partial charge is 0.406 e. The summed E-state index contributed by atoms with van der Waals surface area (Å²) in [6.45, 7) is 11.3. The summed E-state index contributed by atoms with van der Waals surface area (Å²) in [6, 6.07) is -0.0165. The maximum atomic E-state index is 13.8. The molecule has 0 amide bonds. The molecule has 1 unspecified atom stereocenters. The monoisotopic (exact) mass is 611 g/mol. The Morgan fingerprint density at radius 1 is 1.33 bits per heavy atom. The number of aromatic amines is 1. The van der Waals surface area contributed by atoms with E-state index < -0.39 is 71.4 Å². The van der Waals surface area contributed by atoms with Gasteiger partial charge >= 0.3 is 19.4 Å². The van der Waals surface area contributed by atoms with Gasteiger partial charge in [-0.1, -0.05) is 32.5 Å². The highest BCUT2D eigenvalue weighted by Gasteiger charge is 2.83. The highest BCUT2D eigenvalue weighted by molar-refractivity contribution is 8.13. The Hall–Kier alpha value is -1.51. The van der Waals surface area contributed by atoms with Crippen LogP contribution in [0.1, 0.15) is 54.7 Å². The number of hydrogen-bond donors (Lipinski definition) is 3. The number of rotatable bonds is 11. The predicted molar refractivity (Wildman–Crippen MR) is 144 cm³/mol. The summed E-state index contributed by atoms with van der Waals surface area (Å²) in [5.41, 5.74) is -3.91. The fraction of sp³-hybridized carbons (Fsp3) is 0.739. The van der Waals surface area contributed by atoms with Gasteiger partial charge in [-0.2, -0.15) is 0 Å². The number of ether oxygens (including phenoxy) is 2. The number of carbonyl (C=O) groups is 2. The number of halogens is 1. The second-order valence-electron chi connectivity index (χ2n) is 10.9. The maximum Gasteiger partial charge on any atom is 0.406 e. The maximum absolute atomic E-state index is 13.8. The molecule has 1 aromatic rings. The quantitative estimate of drug-likeness (QED) is 0.144. The van der Waals surface area contributed by atoms with E-state index in [1.807, 2.05) is 0 Å². The fourth-order valence-electron chi connectivity index (χ4n) is 3.96. The van der Waals surface area contributed by atoms with Crippen LogP contribution in [0.3, 0.4) is 0 Å². The van der Waals surface area contributed by atoms with Crippen LogP contribution in [0.4, 0.5) is 0 Å². The molecule has 7 atom stereocenters. The van der Waals surface area contributed by atoms with Crippen molar-refractivity contribution in [1.29, 1.82) is 0 Å². The van der Waals surface area contributed by atoms with Crippen molar-refractivity contribution in [3.8, 4) is 0 Å². The minimum atomic E-state index is -4.32. The van der Waals surface area contributed by atoms with Crippen LogP contribution in [-0.2, 0) is 32.7 Å². The second-order valence-corrected chi connectivity index (χ2v) is 14.5. The van der Waals surface area contributed by atoms with Gasteiger partial charge in [-0.3, -0.25) is 33.0 Å². The molecule has 3 N–H and O–H groups in total. The molecule has 220 valence electrons. The van der Waals surface area contributed by atoms with Crippen molar-refractivity contribution < 1.29 is 37.8 Å². The summed E-state index contributed by atoms with van der Waals surface area (Å²) in [5.74, 6) is -0.560. The van der Waals surface area contributed by atoms with Gasteiger partial charge in [-0.25, -0.2) is 14.4 Å². The lowest BCUT2D eigenvalue weighted by Gasteiger charge is -2.33.